The number of aryl methyl sites for hydroxylation is 2. The van der Waals surface area contributed by atoms with Gasteiger partial charge in [-0.15, -0.1) is 0 Å². The quantitative estimate of drug-likeness (QED) is 0.693. The third kappa shape index (κ3) is 2.01. The third-order valence-electron chi connectivity index (χ3n) is 3.13. The van der Waals surface area contributed by atoms with Crippen LogP contribution in [0.2, 0.25) is 0 Å². The van der Waals surface area contributed by atoms with Crippen molar-refractivity contribution in [2.45, 2.75) is 19.8 Å². The molecular weight excluding hydrogens is 192 g/mol. The lowest BCUT2D eigenvalue weighted by Crippen LogP contribution is -2.00. The average molecular weight is 209 g/mol. The molecule has 2 rings (SSSR count). The normalized spacial score (nSPS) is 10.8. The lowest BCUT2D eigenvalue weighted by atomic mass is 9.88. The Morgan fingerprint density at radius 3 is 1.50 bits per heavy atom. The predicted molar refractivity (Wildman–Crippen MR) is 69.6 cm³/mol. The Kier molecular flexibility index (Phi) is 3.09. The second-order valence-electron chi connectivity index (χ2n) is 4.27. The van der Waals surface area contributed by atoms with Crippen molar-refractivity contribution in [3.05, 3.63) is 77.7 Å². The van der Waals surface area contributed by atoms with Crippen LogP contribution in [-0.4, -0.2) is 0 Å². The van der Waals surface area contributed by atoms with Crippen LogP contribution in [0.4, 0.5) is 0 Å². The minimum atomic E-state index is 0.224. The number of hydrogen-bond acceptors (Lipinski definition) is 0. The lowest BCUT2D eigenvalue weighted by molar-refractivity contribution is 0.988. The molecule has 0 spiro atoms. The fraction of sp³-hybridized carbons (Fsp3) is 0.188. The third-order valence-corrected chi connectivity index (χ3v) is 3.13. The van der Waals surface area contributed by atoms with Crippen LogP contribution >= 0.6 is 0 Å². The summed E-state index contributed by atoms with van der Waals surface area (Å²) >= 11 is 0. The Balaban J connectivity index is 2.44. The fourth-order valence-electron chi connectivity index (χ4n) is 2.12. The van der Waals surface area contributed by atoms with Crippen molar-refractivity contribution in [1.82, 2.24) is 0 Å². The summed E-state index contributed by atoms with van der Waals surface area (Å²) in [5.41, 5.74) is 5.25. The maximum Gasteiger partial charge on any atom is 0.00949 e. The summed E-state index contributed by atoms with van der Waals surface area (Å²) in [6.07, 6.45) is 0. The minimum Gasteiger partial charge on any atom is -0.0620 e. The van der Waals surface area contributed by atoms with Crippen molar-refractivity contribution in [3.63, 3.8) is 0 Å². The van der Waals surface area contributed by atoms with E-state index in [0.717, 1.165) is 0 Å². The van der Waals surface area contributed by atoms with Crippen LogP contribution in [0, 0.1) is 20.8 Å². The maximum absolute atomic E-state index is 4.30. The summed E-state index contributed by atoms with van der Waals surface area (Å²) in [4.78, 5) is 0. The second-order valence-corrected chi connectivity index (χ2v) is 4.27. The van der Waals surface area contributed by atoms with Gasteiger partial charge in [-0.25, -0.2) is 0 Å². The Morgan fingerprint density at radius 1 is 0.750 bits per heavy atom. The molecule has 0 aromatic heterocycles. The van der Waals surface area contributed by atoms with Crippen molar-refractivity contribution in [2.75, 3.05) is 0 Å². The molecule has 0 saturated heterocycles. The number of benzene rings is 2. The molecule has 2 aromatic carbocycles. The Bertz CT molecular complexity index is 437. The topological polar surface area (TPSA) is 0 Å². The highest BCUT2D eigenvalue weighted by atomic mass is 14.2. The highest BCUT2D eigenvalue weighted by Crippen LogP contribution is 2.28. The van der Waals surface area contributed by atoms with Gasteiger partial charge < -0.3 is 0 Å². The first-order valence-corrected chi connectivity index (χ1v) is 5.64. The molecule has 0 aliphatic carbocycles. The zero-order valence-corrected chi connectivity index (χ0v) is 9.90. The largest absolute Gasteiger partial charge is 0.0620 e. The van der Waals surface area contributed by atoms with Crippen LogP contribution in [-0.2, 0) is 0 Å². The molecule has 0 atom stereocenters. The zero-order valence-electron chi connectivity index (χ0n) is 9.90. The highest BCUT2D eigenvalue weighted by molar-refractivity contribution is 5.41. The Labute approximate surface area is 97.9 Å². The summed E-state index contributed by atoms with van der Waals surface area (Å²) in [6, 6.07) is 16.9. The lowest BCUT2D eigenvalue weighted by Gasteiger charge is -2.17. The van der Waals surface area contributed by atoms with Gasteiger partial charge in [-0.05, 0) is 43.0 Å². The van der Waals surface area contributed by atoms with E-state index in [2.05, 4.69) is 69.3 Å². The molecule has 2 aromatic rings. The fourth-order valence-corrected chi connectivity index (χ4v) is 2.12. The van der Waals surface area contributed by atoms with Crippen LogP contribution in [0.5, 0.6) is 0 Å². The van der Waals surface area contributed by atoms with E-state index in [-0.39, 0.29) is 5.92 Å². The standard InChI is InChI=1S/C16H17/c1-12-8-4-6-10-15(12)14(3)16-11-7-5-9-13(16)2/h4-11,14H,3H2,1-2H3. The van der Waals surface area contributed by atoms with Gasteiger partial charge in [0.15, 0.2) is 0 Å². The van der Waals surface area contributed by atoms with E-state index < -0.39 is 0 Å². The first-order valence-electron chi connectivity index (χ1n) is 5.64. The molecule has 0 heteroatoms. The van der Waals surface area contributed by atoms with E-state index in [9.17, 15) is 0 Å². The van der Waals surface area contributed by atoms with E-state index >= 15 is 0 Å². The van der Waals surface area contributed by atoms with Crippen molar-refractivity contribution in [2.24, 2.45) is 0 Å². The van der Waals surface area contributed by atoms with Gasteiger partial charge in [0.05, 0.1) is 0 Å². The predicted octanol–water partition coefficient (Wildman–Crippen LogP) is 4.27. The molecule has 0 fully saturated rings. The summed E-state index contributed by atoms with van der Waals surface area (Å²) < 4.78 is 0. The molecule has 0 saturated carbocycles. The molecule has 0 aliphatic rings. The van der Waals surface area contributed by atoms with E-state index in [4.69, 9.17) is 0 Å². The van der Waals surface area contributed by atoms with Crippen molar-refractivity contribution in [1.29, 1.82) is 0 Å². The van der Waals surface area contributed by atoms with E-state index in [0.29, 0.717) is 0 Å². The molecule has 0 bridgehead atoms. The van der Waals surface area contributed by atoms with Gasteiger partial charge in [0.2, 0.25) is 0 Å². The first kappa shape index (κ1) is 10.9. The molecule has 0 amide bonds. The number of rotatable bonds is 2. The Hall–Kier alpha value is -1.56. The van der Waals surface area contributed by atoms with Gasteiger partial charge in [0.1, 0.15) is 0 Å². The van der Waals surface area contributed by atoms with E-state index in [1.165, 1.54) is 22.3 Å². The molecule has 81 valence electrons. The van der Waals surface area contributed by atoms with Crippen LogP contribution in [0.15, 0.2) is 48.5 Å². The zero-order chi connectivity index (χ0) is 11.5. The average Bonchev–Trinajstić information content (AvgIpc) is 2.29. The summed E-state index contributed by atoms with van der Waals surface area (Å²) in [7, 11) is 0. The highest BCUT2D eigenvalue weighted by Gasteiger charge is 2.11. The van der Waals surface area contributed by atoms with Crippen LogP contribution < -0.4 is 0 Å². The molecule has 0 aliphatic heterocycles. The maximum atomic E-state index is 4.30. The molecular formula is C16H17. The molecule has 1 radical (unpaired) electrons. The van der Waals surface area contributed by atoms with Gasteiger partial charge in [-0.2, -0.15) is 0 Å². The SMILES string of the molecule is [CH2]C(c1ccccc1C)c1ccccc1C. The van der Waals surface area contributed by atoms with Crippen molar-refractivity contribution in [3.8, 4) is 0 Å². The summed E-state index contributed by atoms with van der Waals surface area (Å²) in [5, 5.41) is 0. The minimum absolute atomic E-state index is 0.224. The second kappa shape index (κ2) is 4.52. The van der Waals surface area contributed by atoms with E-state index in [1.807, 2.05) is 0 Å². The molecule has 0 heterocycles. The van der Waals surface area contributed by atoms with Gasteiger partial charge in [0.25, 0.3) is 0 Å². The van der Waals surface area contributed by atoms with Gasteiger partial charge in [0, 0.05) is 5.92 Å². The Morgan fingerprint density at radius 2 is 1.12 bits per heavy atom. The number of hydrogen-bond donors (Lipinski definition) is 0. The summed E-state index contributed by atoms with van der Waals surface area (Å²) in [5.74, 6) is 0.224. The molecule has 0 nitrogen and oxygen atoms in total. The van der Waals surface area contributed by atoms with Crippen LogP contribution in [0.3, 0.4) is 0 Å². The first-order chi connectivity index (χ1) is 7.70. The summed E-state index contributed by atoms with van der Waals surface area (Å²) in [6.45, 7) is 8.59. The van der Waals surface area contributed by atoms with E-state index in [1.54, 1.807) is 0 Å². The van der Waals surface area contributed by atoms with Gasteiger partial charge in [-0.3, -0.25) is 0 Å². The van der Waals surface area contributed by atoms with Crippen molar-refractivity contribution < 1.29 is 0 Å². The molecule has 0 N–H and O–H groups in total. The molecule has 0 unspecified atom stereocenters. The van der Waals surface area contributed by atoms with Gasteiger partial charge in [-0.1, -0.05) is 48.5 Å². The molecule has 16 heavy (non-hydrogen) atoms. The van der Waals surface area contributed by atoms with Crippen molar-refractivity contribution >= 4 is 0 Å². The smallest absolute Gasteiger partial charge is 0.00949 e. The van der Waals surface area contributed by atoms with Gasteiger partial charge >= 0.3 is 0 Å². The van der Waals surface area contributed by atoms with Crippen LogP contribution in [0.25, 0.3) is 0 Å². The van der Waals surface area contributed by atoms with Crippen LogP contribution in [0.1, 0.15) is 28.2 Å². The monoisotopic (exact) mass is 209 g/mol.